The Morgan fingerprint density at radius 1 is 1.00 bits per heavy atom. The van der Waals surface area contributed by atoms with E-state index in [-0.39, 0.29) is 30.0 Å². The Morgan fingerprint density at radius 2 is 1.82 bits per heavy atom. The zero-order valence-corrected chi connectivity index (χ0v) is 31.0. The molecule has 3 aromatic carbocycles. The number of para-hydroxylation sites is 1. The summed E-state index contributed by atoms with van der Waals surface area (Å²) in [5, 5.41) is 9.84. The Kier molecular flexibility index (Phi) is 7.24. The summed E-state index contributed by atoms with van der Waals surface area (Å²) in [6.07, 6.45) is 3.11. The molecular formula is C43H39N5O7. The third-order valence-electron chi connectivity index (χ3n) is 11.5. The summed E-state index contributed by atoms with van der Waals surface area (Å²) in [7, 11) is 0. The van der Waals surface area contributed by atoms with E-state index in [4.69, 9.17) is 28.3 Å². The van der Waals surface area contributed by atoms with Crippen molar-refractivity contribution < 1.29 is 32.7 Å². The van der Waals surface area contributed by atoms with Crippen LogP contribution in [0.4, 0.5) is 5.69 Å². The minimum atomic E-state index is -1.08. The number of nitrogens with zero attached hydrogens (tertiary/aromatic N) is 2. The number of fused-ring (bicyclic) bond motifs is 7. The van der Waals surface area contributed by atoms with Crippen LogP contribution in [0.1, 0.15) is 85.9 Å². The van der Waals surface area contributed by atoms with Gasteiger partial charge in [0.25, 0.3) is 5.91 Å². The molecule has 6 heterocycles. The maximum atomic E-state index is 14.3. The van der Waals surface area contributed by atoms with Gasteiger partial charge in [0.1, 0.15) is 23.2 Å². The number of carbonyl (C=O) groups excluding carboxylic acids is 3. The third-order valence-corrected chi connectivity index (χ3v) is 11.5. The second-order valence-corrected chi connectivity index (χ2v) is 15.7. The predicted octanol–water partition coefficient (Wildman–Crippen LogP) is 6.22. The molecule has 55 heavy (non-hydrogen) atoms. The summed E-state index contributed by atoms with van der Waals surface area (Å²) < 4.78 is 25.9. The Bertz CT molecular complexity index is 2510. The number of hydrogen-bond donors (Lipinski definition) is 3. The van der Waals surface area contributed by atoms with Crippen LogP contribution in [0.3, 0.4) is 0 Å². The molecule has 12 heteroatoms. The summed E-state index contributed by atoms with van der Waals surface area (Å²) in [4.78, 5) is 50.0. The number of aromatic nitrogens is 2. The highest BCUT2D eigenvalue weighted by Crippen LogP contribution is 2.61. The van der Waals surface area contributed by atoms with Crippen LogP contribution in [-0.2, 0) is 37.4 Å². The molecular weight excluding hydrogens is 699 g/mol. The lowest BCUT2D eigenvalue weighted by molar-refractivity contribution is -0.157. The first-order valence-corrected chi connectivity index (χ1v) is 18.8. The molecule has 10 bridgehead atoms. The summed E-state index contributed by atoms with van der Waals surface area (Å²) in [6, 6.07) is 16.8. The SMILES string of the molecule is CC(=O)O[C@H](C(=O)NC1Cc2ccc3c(c2)C24c5cccc(c5N[C@H]2O3)-c2cccc3c2C(=CC3)c2cnc(o2)-c2nc(oc24)[C@H](C(C)C)NC1=O)C(C)C. The van der Waals surface area contributed by atoms with Gasteiger partial charge in [-0.15, -0.1) is 0 Å². The number of rotatable bonds is 5. The number of hydrogen-bond acceptors (Lipinski definition) is 10. The average Bonchev–Trinajstić information content (AvgIpc) is 3.98. The summed E-state index contributed by atoms with van der Waals surface area (Å²) in [5.41, 5.74) is 8.15. The monoisotopic (exact) mass is 737 g/mol. The lowest BCUT2D eigenvalue weighted by atomic mass is 9.72. The van der Waals surface area contributed by atoms with Crippen LogP contribution in [0.15, 0.2) is 75.7 Å². The van der Waals surface area contributed by atoms with E-state index in [2.05, 4.69) is 58.4 Å². The number of allylic oxidation sites excluding steroid dienone is 1. The number of ether oxygens (including phenoxy) is 2. The summed E-state index contributed by atoms with van der Waals surface area (Å²) >= 11 is 0. The Labute approximate surface area is 316 Å². The highest BCUT2D eigenvalue weighted by atomic mass is 16.5. The van der Waals surface area contributed by atoms with E-state index in [0.29, 0.717) is 23.0 Å². The number of benzene rings is 3. The van der Waals surface area contributed by atoms with Crippen molar-refractivity contribution in [2.24, 2.45) is 11.8 Å². The maximum Gasteiger partial charge on any atom is 0.303 e. The summed E-state index contributed by atoms with van der Waals surface area (Å²) in [5.74, 6) is 0.210. The van der Waals surface area contributed by atoms with Gasteiger partial charge in [-0.05, 0) is 46.6 Å². The normalized spacial score (nSPS) is 22.6. The van der Waals surface area contributed by atoms with Crippen LogP contribution in [0.25, 0.3) is 28.3 Å². The lowest BCUT2D eigenvalue weighted by Crippen LogP contribution is -2.53. The van der Waals surface area contributed by atoms with Gasteiger partial charge >= 0.3 is 5.97 Å². The first-order valence-electron chi connectivity index (χ1n) is 18.8. The first-order chi connectivity index (χ1) is 26.5. The van der Waals surface area contributed by atoms with Gasteiger partial charge in [0.2, 0.25) is 17.7 Å². The van der Waals surface area contributed by atoms with Gasteiger partial charge in [-0.3, -0.25) is 14.4 Å². The topological polar surface area (TPSA) is 158 Å². The molecule has 5 aromatic rings. The van der Waals surface area contributed by atoms with Gasteiger partial charge in [-0.1, -0.05) is 82.3 Å². The van der Waals surface area contributed by atoms with E-state index >= 15 is 0 Å². The number of anilines is 1. The lowest BCUT2D eigenvalue weighted by Gasteiger charge is -2.29. The van der Waals surface area contributed by atoms with Gasteiger partial charge in [-0.25, -0.2) is 9.97 Å². The second kappa shape index (κ2) is 11.9. The van der Waals surface area contributed by atoms with E-state index in [9.17, 15) is 14.4 Å². The molecule has 10 rings (SSSR count). The van der Waals surface area contributed by atoms with Crippen molar-refractivity contribution in [2.75, 3.05) is 5.32 Å². The number of nitrogens with one attached hydrogen (secondary N) is 3. The fourth-order valence-corrected chi connectivity index (χ4v) is 9.03. The molecule has 0 saturated heterocycles. The van der Waals surface area contributed by atoms with Crippen LogP contribution < -0.4 is 20.7 Å². The number of carbonyl (C=O) groups is 3. The zero-order chi connectivity index (χ0) is 37.9. The van der Waals surface area contributed by atoms with Crippen molar-refractivity contribution in [3.05, 3.63) is 112 Å². The van der Waals surface area contributed by atoms with Crippen molar-refractivity contribution in [2.45, 2.75) is 77.3 Å². The minimum Gasteiger partial charge on any atom is -0.469 e. The minimum absolute atomic E-state index is 0.148. The van der Waals surface area contributed by atoms with E-state index in [0.717, 1.165) is 51.1 Å². The number of esters is 1. The van der Waals surface area contributed by atoms with Gasteiger partial charge in [0.15, 0.2) is 29.5 Å². The molecule has 278 valence electrons. The van der Waals surface area contributed by atoms with Crippen LogP contribution in [0, 0.1) is 11.8 Å². The van der Waals surface area contributed by atoms with E-state index in [1.165, 1.54) is 12.5 Å². The molecule has 5 aliphatic rings. The molecule has 2 amide bonds. The smallest absolute Gasteiger partial charge is 0.303 e. The van der Waals surface area contributed by atoms with Crippen molar-refractivity contribution in [1.82, 2.24) is 20.6 Å². The van der Waals surface area contributed by atoms with Crippen LogP contribution in [0.2, 0.25) is 0 Å². The molecule has 4 aliphatic heterocycles. The Morgan fingerprint density at radius 3 is 2.62 bits per heavy atom. The second-order valence-electron chi connectivity index (χ2n) is 15.7. The largest absolute Gasteiger partial charge is 0.469 e. The van der Waals surface area contributed by atoms with Crippen molar-refractivity contribution in [3.8, 4) is 28.5 Å². The van der Waals surface area contributed by atoms with Gasteiger partial charge in [0, 0.05) is 41.3 Å². The quantitative estimate of drug-likeness (QED) is 0.177. The van der Waals surface area contributed by atoms with Gasteiger partial charge in [-0.2, -0.15) is 0 Å². The Balaban J connectivity index is 1.23. The number of oxazole rings is 2. The molecule has 0 fully saturated rings. The maximum absolute atomic E-state index is 14.3. The first kappa shape index (κ1) is 33.4. The molecule has 2 aromatic heterocycles. The van der Waals surface area contributed by atoms with Gasteiger partial charge < -0.3 is 34.3 Å². The molecule has 1 aliphatic carbocycles. The third kappa shape index (κ3) is 4.79. The van der Waals surface area contributed by atoms with Crippen molar-refractivity contribution in [3.63, 3.8) is 0 Å². The average molecular weight is 738 g/mol. The zero-order valence-electron chi connectivity index (χ0n) is 31.0. The fourth-order valence-electron chi connectivity index (χ4n) is 9.03. The highest BCUT2D eigenvalue weighted by Gasteiger charge is 2.61. The summed E-state index contributed by atoms with van der Waals surface area (Å²) in [6.45, 7) is 8.77. The molecule has 2 unspecified atom stereocenters. The van der Waals surface area contributed by atoms with Crippen molar-refractivity contribution >= 4 is 29.0 Å². The molecule has 0 radical (unpaired) electrons. The van der Waals surface area contributed by atoms with Crippen molar-refractivity contribution in [1.29, 1.82) is 0 Å². The standard InChI is InChI=1S/C43H39N5O7/c1-19(2)33-41-47-35-37(55-41)43-27-11-7-10-25(24-9-6-8-23-13-14-26(32(23)24)31-18-44-40(35)53-31)34(27)48-42(43)54-30-15-12-22(16-28(30)43)17-29(38(50)46-33)45-39(51)36(20(3)4)52-21(5)49/h6-12,14-16,18-20,29,33,36,42,48H,13,17H2,1-5H3,(H,45,51)(H,46,50)/t29?,33-,36-,42-,43?/m0/s1. The highest BCUT2D eigenvalue weighted by molar-refractivity contribution is 5.97. The predicted molar refractivity (Wildman–Crippen MR) is 201 cm³/mol. The van der Waals surface area contributed by atoms with E-state index < -0.39 is 47.6 Å². The van der Waals surface area contributed by atoms with Crippen LogP contribution in [0.5, 0.6) is 5.75 Å². The number of amides is 2. The van der Waals surface area contributed by atoms with Gasteiger partial charge in [0.05, 0.1) is 6.20 Å². The molecule has 0 saturated carbocycles. The van der Waals surface area contributed by atoms with Crippen LogP contribution >= 0.6 is 0 Å². The molecule has 1 spiro atoms. The molecule has 12 nitrogen and oxygen atoms in total. The van der Waals surface area contributed by atoms with Crippen LogP contribution in [-0.4, -0.2) is 46.1 Å². The Hall–Kier alpha value is -6.17. The van der Waals surface area contributed by atoms with E-state index in [1.54, 1.807) is 20.0 Å². The molecule has 3 N–H and O–H groups in total. The fraction of sp³-hybridized carbons (Fsp3) is 0.326. The molecule has 5 atom stereocenters. The van der Waals surface area contributed by atoms with E-state index in [1.807, 2.05) is 32.0 Å².